The van der Waals surface area contributed by atoms with Gasteiger partial charge in [0.15, 0.2) is 0 Å². The Hall–Kier alpha value is -1.32. The predicted octanol–water partition coefficient (Wildman–Crippen LogP) is 2.11. The van der Waals surface area contributed by atoms with E-state index in [0.29, 0.717) is 6.61 Å². The summed E-state index contributed by atoms with van der Waals surface area (Å²) in [7, 11) is 0. The van der Waals surface area contributed by atoms with Crippen LogP contribution in [0.15, 0.2) is 36.9 Å². The van der Waals surface area contributed by atoms with Crippen LogP contribution >= 0.6 is 0 Å². The van der Waals surface area contributed by atoms with Gasteiger partial charge in [-0.25, -0.2) is 0 Å². The maximum atomic E-state index is 9.05. The average molecular weight is 235 g/mol. The summed E-state index contributed by atoms with van der Waals surface area (Å²) in [6.45, 7) is 7.13. The van der Waals surface area contributed by atoms with Crippen LogP contribution in [-0.2, 0) is 6.54 Å². The number of aliphatic hydroxyl groups is 1. The fraction of sp³-hybridized carbons (Fsp3) is 0.429. The van der Waals surface area contributed by atoms with Gasteiger partial charge in [0, 0.05) is 12.6 Å². The van der Waals surface area contributed by atoms with Crippen LogP contribution in [0.25, 0.3) is 0 Å². The normalized spacial score (nSPS) is 12.1. The Morgan fingerprint density at radius 2 is 2.12 bits per heavy atom. The summed E-state index contributed by atoms with van der Waals surface area (Å²) >= 11 is 0. The van der Waals surface area contributed by atoms with Gasteiger partial charge in [0.25, 0.3) is 0 Å². The second-order valence-electron chi connectivity index (χ2n) is 3.91. The van der Waals surface area contributed by atoms with E-state index in [9.17, 15) is 0 Å². The number of benzene rings is 1. The van der Waals surface area contributed by atoms with Gasteiger partial charge in [0.2, 0.25) is 0 Å². The Kier molecular flexibility index (Phi) is 6.37. The molecule has 3 heteroatoms. The molecule has 94 valence electrons. The molecule has 0 amide bonds. The highest BCUT2D eigenvalue weighted by Crippen LogP contribution is 2.12. The van der Waals surface area contributed by atoms with Gasteiger partial charge in [0.1, 0.15) is 12.4 Å². The first-order chi connectivity index (χ1) is 8.30. The molecule has 2 N–H and O–H groups in total. The van der Waals surface area contributed by atoms with Crippen LogP contribution in [0.2, 0.25) is 0 Å². The molecule has 0 saturated heterocycles. The Morgan fingerprint density at radius 1 is 1.41 bits per heavy atom. The van der Waals surface area contributed by atoms with Crippen molar-refractivity contribution in [1.82, 2.24) is 5.32 Å². The van der Waals surface area contributed by atoms with Crippen molar-refractivity contribution < 1.29 is 9.84 Å². The number of rotatable bonds is 8. The van der Waals surface area contributed by atoms with E-state index in [1.807, 2.05) is 24.3 Å². The fourth-order valence-electron chi connectivity index (χ4n) is 1.46. The molecular formula is C14H21NO2. The van der Waals surface area contributed by atoms with Crippen LogP contribution in [0.4, 0.5) is 0 Å². The quantitative estimate of drug-likeness (QED) is 0.678. The lowest BCUT2D eigenvalue weighted by molar-refractivity contribution is 0.238. The average Bonchev–Trinajstić information content (AvgIpc) is 2.39. The standard InChI is InChI=1S/C14H21NO2/c1-3-9-17-14-7-5-12(6-8-14)10-15-13(4-2)11-16/h3,5-8,13,15-16H,1,4,9-11H2,2H3/t13-/m0/s1. The van der Waals surface area contributed by atoms with Crippen LogP contribution in [0.5, 0.6) is 5.75 Å². The van der Waals surface area contributed by atoms with Crippen molar-refractivity contribution in [3.05, 3.63) is 42.5 Å². The van der Waals surface area contributed by atoms with E-state index in [2.05, 4.69) is 18.8 Å². The smallest absolute Gasteiger partial charge is 0.119 e. The molecule has 17 heavy (non-hydrogen) atoms. The topological polar surface area (TPSA) is 41.5 Å². The zero-order chi connectivity index (χ0) is 12.5. The van der Waals surface area contributed by atoms with Crippen LogP contribution in [0, 0.1) is 0 Å². The number of nitrogens with one attached hydrogen (secondary N) is 1. The molecule has 0 fully saturated rings. The first-order valence-electron chi connectivity index (χ1n) is 5.97. The lowest BCUT2D eigenvalue weighted by Crippen LogP contribution is -2.31. The zero-order valence-corrected chi connectivity index (χ0v) is 10.4. The molecule has 0 spiro atoms. The van der Waals surface area contributed by atoms with Crippen LogP contribution < -0.4 is 10.1 Å². The Morgan fingerprint density at radius 3 is 2.65 bits per heavy atom. The summed E-state index contributed by atoms with van der Waals surface area (Å²) < 4.78 is 5.40. The van der Waals surface area contributed by atoms with Gasteiger partial charge in [0.05, 0.1) is 6.61 Å². The maximum Gasteiger partial charge on any atom is 0.119 e. The van der Waals surface area contributed by atoms with Gasteiger partial charge < -0.3 is 15.2 Å². The highest BCUT2D eigenvalue weighted by Gasteiger charge is 2.03. The first-order valence-corrected chi connectivity index (χ1v) is 5.97. The third-order valence-electron chi connectivity index (χ3n) is 2.60. The fourth-order valence-corrected chi connectivity index (χ4v) is 1.46. The highest BCUT2D eigenvalue weighted by molar-refractivity contribution is 5.27. The van der Waals surface area contributed by atoms with E-state index >= 15 is 0 Å². The molecule has 0 saturated carbocycles. The Bertz CT molecular complexity index is 317. The second kappa shape index (κ2) is 7.87. The summed E-state index contributed by atoms with van der Waals surface area (Å²) in [5.41, 5.74) is 1.18. The number of ether oxygens (including phenoxy) is 1. The Balaban J connectivity index is 2.42. The second-order valence-corrected chi connectivity index (χ2v) is 3.91. The molecule has 0 heterocycles. The molecule has 1 atom stereocenters. The molecule has 0 aromatic heterocycles. The number of hydrogen-bond acceptors (Lipinski definition) is 3. The van der Waals surface area contributed by atoms with E-state index in [-0.39, 0.29) is 12.6 Å². The van der Waals surface area contributed by atoms with Gasteiger partial charge in [-0.1, -0.05) is 31.7 Å². The number of hydrogen-bond donors (Lipinski definition) is 2. The summed E-state index contributed by atoms with van der Waals surface area (Å²) in [4.78, 5) is 0. The summed E-state index contributed by atoms with van der Waals surface area (Å²) in [5.74, 6) is 0.850. The molecule has 1 aromatic carbocycles. The first kappa shape index (κ1) is 13.7. The molecule has 3 nitrogen and oxygen atoms in total. The predicted molar refractivity (Wildman–Crippen MR) is 70.1 cm³/mol. The molecule has 1 rings (SSSR count). The van der Waals surface area contributed by atoms with Crippen molar-refractivity contribution in [3.63, 3.8) is 0 Å². The molecule has 0 radical (unpaired) electrons. The van der Waals surface area contributed by atoms with Crippen molar-refractivity contribution in [2.24, 2.45) is 0 Å². The molecular weight excluding hydrogens is 214 g/mol. The van der Waals surface area contributed by atoms with Crippen LogP contribution in [-0.4, -0.2) is 24.4 Å². The Labute approximate surface area is 103 Å². The van der Waals surface area contributed by atoms with Crippen LogP contribution in [0.3, 0.4) is 0 Å². The van der Waals surface area contributed by atoms with Gasteiger partial charge in [-0.05, 0) is 24.1 Å². The molecule has 0 unspecified atom stereocenters. The minimum atomic E-state index is 0.173. The lowest BCUT2D eigenvalue weighted by Gasteiger charge is -2.14. The van der Waals surface area contributed by atoms with E-state index < -0.39 is 0 Å². The van der Waals surface area contributed by atoms with E-state index in [1.165, 1.54) is 5.56 Å². The van der Waals surface area contributed by atoms with Crippen molar-refractivity contribution in [2.75, 3.05) is 13.2 Å². The third kappa shape index (κ3) is 5.02. The monoisotopic (exact) mass is 235 g/mol. The van der Waals surface area contributed by atoms with E-state index in [1.54, 1.807) is 6.08 Å². The van der Waals surface area contributed by atoms with Crippen LogP contribution in [0.1, 0.15) is 18.9 Å². The molecule has 0 aliphatic rings. The maximum absolute atomic E-state index is 9.05. The van der Waals surface area contributed by atoms with Gasteiger partial charge >= 0.3 is 0 Å². The third-order valence-corrected chi connectivity index (χ3v) is 2.60. The number of aliphatic hydroxyl groups excluding tert-OH is 1. The van der Waals surface area contributed by atoms with E-state index in [4.69, 9.17) is 9.84 Å². The van der Waals surface area contributed by atoms with E-state index in [0.717, 1.165) is 18.7 Å². The summed E-state index contributed by atoms with van der Waals surface area (Å²) in [5, 5.41) is 12.3. The lowest BCUT2D eigenvalue weighted by atomic mass is 10.2. The zero-order valence-electron chi connectivity index (χ0n) is 10.4. The van der Waals surface area contributed by atoms with Crippen molar-refractivity contribution in [3.8, 4) is 5.75 Å². The molecule has 1 aromatic rings. The molecule has 0 aliphatic carbocycles. The summed E-state index contributed by atoms with van der Waals surface area (Å²) in [6.07, 6.45) is 2.65. The molecule has 0 aliphatic heterocycles. The molecule has 0 bridgehead atoms. The minimum absolute atomic E-state index is 0.173. The largest absolute Gasteiger partial charge is 0.490 e. The van der Waals surface area contributed by atoms with Crippen molar-refractivity contribution in [1.29, 1.82) is 0 Å². The summed E-state index contributed by atoms with van der Waals surface area (Å²) in [6, 6.07) is 8.11. The van der Waals surface area contributed by atoms with Crippen molar-refractivity contribution >= 4 is 0 Å². The van der Waals surface area contributed by atoms with Gasteiger partial charge in [-0.3, -0.25) is 0 Å². The highest BCUT2D eigenvalue weighted by atomic mass is 16.5. The SMILES string of the molecule is C=CCOc1ccc(CN[C@@H](CC)CO)cc1. The van der Waals surface area contributed by atoms with Crippen molar-refractivity contribution in [2.45, 2.75) is 25.9 Å². The minimum Gasteiger partial charge on any atom is -0.490 e. The van der Waals surface area contributed by atoms with Gasteiger partial charge in [-0.15, -0.1) is 0 Å². The van der Waals surface area contributed by atoms with Gasteiger partial charge in [-0.2, -0.15) is 0 Å².